The molecule has 0 unspecified atom stereocenters. The Bertz CT molecular complexity index is 999. The van der Waals surface area contributed by atoms with Crippen molar-refractivity contribution < 1.29 is 4.79 Å². The minimum absolute atomic E-state index is 0.0529. The van der Waals surface area contributed by atoms with Crippen LogP contribution in [0.15, 0.2) is 64.4 Å². The number of para-hydroxylation sites is 1. The number of hydrogen-bond donors (Lipinski definition) is 0. The highest BCUT2D eigenvalue weighted by Gasteiger charge is 2.22. The smallest absolute Gasteiger partial charge is 0.275 e. The Morgan fingerprint density at radius 2 is 1.92 bits per heavy atom. The number of carbonyl (C=O) groups is 1. The summed E-state index contributed by atoms with van der Waals surface area (Å²) in [6.07, 6.45) is 2.56. The van der Waals surface area contributed by atoms with E-state index in [0.29, 0.717) is 11.9 Å². The van der Waals surface area contributed by atoms with Crippen LogP contribution < -0.4 is 10.5 Å². The molecule has 0 spiro atoms. The lowest BCUT2D eigenvalue weighted by Crippen LogP contribution is -2.38. The second-order valence-electron chi connectivity index (χ2n) is 5.91. The number of anilines is 1. The third kappa shape index (κ3) is 3.05. The van der Waals surface area contributed by atoms with Crippen molar-refractivity contribution in [3.63, 3.8) is 0 Å². The predicted octanol–water partition coefficient (Wildman–Crippen LogP) is 2.93. The standard InChI is InChI=1S/C19H17N3O2S/c23-18(21-10-5-11-25-17-9-4-3-8-16(17)21)13-22-19(24)15-7-2-1-6-14(15)12-20-22/h1-4,6-9,12H,5,10-11,13H2. The molecule has 0 saturated heterocycles. The molecule has 1 amide bonds. The highest BCUT2D eigenvalue weighted by atomic mass is 32.2. The van der Waals surface area contributed by atoms with Crippen LogP contribution in [0.5, 0.6) is 0 Å². The van der Waals surface area contributed by atoms with Crippen LogP contribution in [0.1, 0.15) is 6.42 Å². The Morgan fingerprint density at radius 1 is 1.12 bits per heavy atom. The summed E-state index contributed by atoms with van der Waals surface area (Å²) in [7, 11) is 0. The summed E-state index contributed by atoms with van der Waals surface area (Å²) < 4.78 is 1.26. The number of carbonyl (C=O) groups excluding carboxylic acids is 1. The second kappa shape index (κ2) is 6.72. The minimum Gasteiger partial charge on any atom is -0.310 e. The molecule has 126 valence electrons. The third-order valence-corrected chi connectivity index (χ3v) is 5.44. The van der Waals surface area contributed by atoms with E-state index in [-0.39, 0.29) is 18.0 Å². The quantitative estimate of drug-likeness (QED) is 0.712. The van der Waals surface area contributed by atoms with Gasteiger partial charge < -0.3 is 4.90 Å². The summed E-state index contributed by atoms with van der Waals surface area (Å²) in [6, 6.07) is 15.2. The Labute approximate surface area is 149 Å². The molecule has 0 bridgehead atoms. The van der Waals surface area contributed by atoms with Crippen LogP contribution in [0.4, 0.5) is 5.69 Å². The van der Waals surface area contributed by atoms with Crippen LogP contribution in [0, 0.1) is 0 Å². The largest absolute Gasteiger partial charge is 0.310 e. The number of thioether (sulfide) groups is 1. The van der Waals surface area contributed by atoms with E-state index in [0.717, 1.165) is 28.1 Å². The Balaban J connectivity index is 1.67. The zero-order valence-corrected chi connectivity index (χ0v) is 14.4. The van der Waals surface area contributed by atoms with Gasteiger partial charge in [-0.05, 0) is 30.4 Å². The normalized spacial score (nSPS) is 14.2. The lowest BCUT2D eigenvalue weighted by molar-refractivity contribution is -0.119. The van der Waals surface area contributed by atoms with Crippen molar-refractivity contribution in [1.29, 1.82) is 0 Å². The van der Waals surface area contributed by atoms with E-state index in [1.165, 1.54) is 4.68 Å². The number of rotatable bonds is 2. The summed E-state index contributed by atoms with van der Waals surface area (Å²) in [5.74, 6) is 0.870. The van der Waals surface area contributed by atoms with Crippen LogP contribution in [0.2, 0.25) is 0 Å². The summed E-state index contributed by atoms with van der Waals surface area (Å²) in [4.78, 5) is 28.4. The average Bonchev–Trinajstić information content (AvgIpc) is 2.87. The van der Waals surface area contributed by atoms with Crippen LogP contribution in [-0.2, 0) is 11.3 Å². The molecule has 3 aromatic rings. The van der Waals surface area contributed by atoms with Crippen molar-refractivity contribution in [2.75, 3.05) is 17.2 Å². The first-order valence-corrected chi connectivity index (χ1v) is 9.20. The average molecular weight is 351 g/mol. The fraction of sp³-hybridized carbons (Fsp3) is 0.211. The van der Waals surface area contributed by atoms with Gasteiger partial charge in [0.05, 0.1) is 17.3 Å². The van der Waals surface area contributed by atoms with Crippen molar-refractivity contribution in [3.8, 4) is 0 Å². The Hall–Kier alpha value is -2.60. The molecule has 1 aliphatic heterocycles. The van der Waals surface area contributed by atoms with Crippen molar-refractivity contribution >= 4 is 34.1 Å². The van der Waals surface area contributed by atoms with E-state index < -0.39 is 0 Å². The molecule has 1 aromatic heterocycles. The molecule has 0 fully saturated rings. The third-order valence-electron chi connectivity index (χ3n) is 4.29. The highest BCUT2D eigenvalue weighted by molar-refractivity contribution is 7.99. The Kier molecular flexibility index (Phi) is 4.28. The molecule has 0 radical (unpaired) electrons. The Morgan fingerprint density at radius 3 is 2.84 bits per heavy atom. The van der Waals surface area contributed by atoms with Gasteiger partial charge in [-0.2, -0.15) is 5.10 Å². The zero-order chi connectivity index (χ0) is 17.2. The zero-order valence-electron chi connectivity index (χ0n) is 13.6. The predicted molar refractivity (Wildman–Crippen MR) is 100 cm³/mol. The van der Waals surface area contributed by atoms with Crippen LogP contribution in [-0.4, -0.2) is 28.0 Å². The van der Waals surface area contributed by atoms with Crippen LogP contribution in [0.25, 0.3) is 10.8 Å². The summed E-state index contributed by atoms with van der Waals surface area (Å²) in [6.45, 7) is 0.605. The van der Waals surface area contributed by atoms with E-state index in [1.54, 1.807) is 28.9 Å². The number of aromatic nitrogens is 2. The van der Waals surface area contributed by atoms with Gasteiger partial charge in [0.15, 0.2) is 0 Å². The molecule has 0 saturated carbocycles. The van der Waals surface area contributed by atoms with Gasteiger partial charge >= 0.3 is 0 Å². The number of benzene rings is 2. The SMILES string of the molecule is O=C(Cn1ncc2ccccc2c1=O)N1CCCSc2ccccc21. The fourth-order valence-electron chi connectivity index (χ4n) is 3.04. The van der Waals surface area contributed by atoms with Gasteiger partial charge in [-0.1, -0.05) is 30.3 Å². The second-order valence-corrected chi connectivity index (χ2v) is 7.05. The van der Waals surface area contributed by atoms with E-state index in [9.17, 15) is 9.59 Å². The highest BCUT2D eigenvalue weighted by Crippen LogP contribution is 2.33. The number of fused-ring (bicyclic) bond motifs is 2. The van der Waals surface area contributed by atoms with Gasteiger partial charge in [0.1, 0.15) is 6.54 Å². The topological polar surface area (TPSA) is 55.2 Å². The number of hydrogen-bond acceptors (Lipinski definition) is 4. The van der Waals surface area contributed by atoms with Crippen molar-refractivity contribution in [1.82, 2.24) is 9.78 Å². The first-order valence-electron chi connectivity index (χ1n) is 8.21. The first-order chi connectivity index (χ1) is 12.2. The molecule has 0 N–H and O–H groups in total. The van der Waals surface area contributed by atoms with Crippen molar-refractivity contribution in [2.24, 2.45) is 0 Å². The van der Waals surface area contributed by atoms with Crippen molar-refractivity contribution in [3.05, 3.63) is 65.1 Å². The molecule has 4 rings (SSSR count). The maximum atomic E-state index is 12.9. The first kappa shape index (κ1) is 15.9. The fourth-order valence-corrected chi connectivity index (χ4v) is 4.03. The number of nitrogens with zero attached hydrogens (tertiary/aromatic N) is 3. The number of amides is 1. The van der Waals surface area contributed by atoms with E-state index >= 15 is 0 Å². The van der Waals surface area contributed by atoms with Gasteiger partial charge in [0.25, 0.3) is 5.56 Å². The molecule has 2 aromatic carbocycles. The van der Waals surface area contributed by atoms with Crippen LogP contribution >= 0.6 is 11.8 Å². The van der Waals surface area contributed by atoms with Crippen LogP contribution in [0.3, 0.4) is 0 Å². The molecule has 5 nitrogen and oxygen atoms in total. The van der Waals surface area contributed by atoms with Crippen molar-refractivity contribution in [2.45, 2.75) is 17.9 Å². The van der Waals surface area contributed by atoms with Gasteiger partial charge in [-0.15, -0.1) is 11.8 Å². The summed E-state index contributed by atoms with van der Waals surface area (Å²) >= 11 is 1.76. The van der Waals surface area contributed by atoms with Gasteiger partial charge in [-0.3, -0.25) is 9.59 Å². The van der Waals surface area contributed by atoms with E-state index in [4.69, 9.17) is 0 Å². The maximum absolute atomic E-state index is 12.9. The van der Waals surface area contributed by atoms with E-state index in [2.05, 4.69) is 5.10 Å². The molecule has 25 heavy (non-hydrogen) atoms. The molecule has 2 heterocycles. The monoisotopic (exact) mass is 351 g/mol. The minimum atomic E-state index is -0.232. The van der Waals surface area contributed by atoms with E-state index in [1.807, 2.05) is 42.5 Å². The molecular weight excluding hydrogens is 334 g/mol. The molecule has 6 heteroatoms. The maximum Gasteiger partial charge on any atom is 0.275 e. The lowest BCUT2D eigenvalue weighted by atomic mass is 10.2. The summed E-state index contributed by atoms with van der Waals surface area (Å²) in [5, 5.41) is 5.54. The lowest BCUT2D eigenvalue weighted by Gasteiger charge is -2.22. The molecule has 0 aliphatic carbocycles. The molecular formula is C19H17N3O2S. The van der Waals surface area contributed by atoms with Gasteiger partial charge in [0.2, 0.25) is 5.91 Å². The molecule has 1 aliphatic rings. The van der Waals surface area contributed by atoms with Gasteiger partial charge in [0, 0.05) is 16.8 Å². The summed E-state index contributed by atoms with van der Waals surface area (Å²) in [5.41, 5.74) is 0.688. The van der Waals surface area contributed by atoms with Gasteiger partial charge in [-0.25, -0.2) is 4.68 Å². The molecule has 0 atom stereocenters.